The number of unbranched alkanes of at least 4 members (excludes halogenated alkanes) is 5. The summed E-state index contributed by atoms with van der Waals surface area (Å²) in [5, 5.41) is 9.12. The maximum atomic E-state index is 9.12. The van der Waals surface area contributed by atoms with Gasteiger partial charge in [-0.25, -0.2) is 0 Å². The van der Waals surface area contributed by atoms with Gasteiger partial charge in [0.1, 0.15) is 0 Å². The molecule has 18 heavy (non-hydrogen) atoms. The van der Waals surface area contributed by atoms with Crippen molar-refractivity contribution in [3.8, 4) is 0 Å². The van der Waals surface area contributed by atoms with Crippen LogP contribution in [-0.2, 0) is 9.47 Å². The summed E-state index contributed by atoms with van der Waals surface area (Å²) in [7, 11) is 0. The van der Waals surface area contributed by atoms with Crippen LogP contribution in [0.3, 0.4) is 0 Å². The molecule has 0 spiro atoms. The first kappa shape index (κ1) is 15.9. The molecular formula is C15H30O3. The van der Waals surface area contributed by atoms with Gasteiger partial charge >= 0.3 is 0 Å². The Morgan fingerprint density at radius 3 is 2.50 bits per heavy atom. The Morgan fingerprint density at radius 2 is 1.83 bits per heavy atom. The zero-order chi connectivity index (χ0) is 13.1. The van der Waals surface area contributed by atoms with Gasteiger partial charge in [0.25, 0.3) is 0 Å². The quantitative estimate of drug-likeness (QED) is 0.608. The van der Waals surface area contributed by atoms with Gasteiger partial charge in [-0.3, -0.25) is 0 Å². The molecule has 0 aromatic heterocycles. The third kappa shape index (κ3) is 8.90. The van der Waals surface area contributed by atoms with E-state index < -0.39 is 0 Å². The topological polar surface area (TPSA) is 38.7 Å². The molecule has 0 aromatic carbocycles. The Labute approximate surface area is 112 Å². The van der Waals surface area contributed by atoms with Gasteiger partial charge < -0.3 is 14.6 Å². The summed E-state index contributed by atoms with van der Waals surface area (Å²) in [4.78, 5) is 0. The van der Waals surface area contributed by atoms with E-state index in [0.29, 0.717) is 0 Å². The summed E-state index contributed by atoms with van der Waals surface area (Å²) < 4.78 is 11.2. The van der Waals surface area contributed by atoms with Crippen molar-refractivity contribution in [1.29, 1.82) is 0 Å². The highest BCUT2D eigenvalue weighted by Crippen LogP contribution is 2.14. The average Bonchev–Trinajstić information content (AvgIpc) is 2.37. The maximum absolute atomic E-state index is 9.12. The normalized spacial score (nSPS) is 22.0. The minimum atomic E-state index is -0.131. The van der Waals surface area contributed by atoms with Gasteiger partial charge in [0.05, 0.1) is 6.10 Å². The lowest BCUT2D eigenvalue weighted by Crippen LogP contribution is -2.22. The Hall–Kier alpha value is -0.120. The summed E-state index contributed by atoms with van der Waals surface area (Å²) in [5.41, 5.74) is 0. The van der Waals surface area contributed by atoms with Gasteiger partial charge in [0.15, 0.2) is 6.29 Å². The number of hydrogen-bond acceptors (Lipinski definition) is 3. The van der Waals surface area contributed by atoms with E-state index in [0.717, 1.165) is 38.9 Å². The van der Waals surface area contributed by atoms with Gasteiger partial charge in [0.2, 0.25) is 0 Å². The zero-order valence-corrected chi connectivity index (χ0v) is 11.9. The Bertz CT molecular complexity index is 177. The second-order valence-electron chi connectivity index (χ2n) is 5.43. The lowest BCUT2D eigenvalue weighted by molar-refractivity contribution is -0.162. The molecule has 0 bridgehead atoms. The first-order valence-corrected chi connectivity index (χ1v) is 7.70. The molecule has 0 aromatic rings. The van der Waals surface area contributed by atoms with Crippen molar-refractivity contribution >= 4 is 0 Å². The first-order valence-electron chi connectivity index (χ1n) is 7.70. The summed E-state index contributed by atoms with van der Waals surface area (Å²) in [6.45, 7) is 3.58. The number of ether oxygens (including phenoxy) is 2. The number of aliphatic hydroxyl groups excluding tert-OH is 1. The van der Waals surface area contributed by atoms with E-state index in [9.17, 15) is 0 Å². The smallest absolute Gasteiger partial charge is 0.157 e. The molecule has 1 aliphatic rings. The van der Waals surface area contributed by atoms with Crippen LogP contribution in [0.1, 0.15) is 71.1 Å². The fraction of sp³-hybridized carbons (Fsp3) is 1.00. The molecule has 1 unspecified atom stereocenters. The summed E-state index contributed by atoms with van der Waals surface area (Å²) in [6.07, 6.45) is 11.8. The average molecular weight is 258 g/mol. The molecular weight excluding hydrogens is 228 g/mol. The molecule has 1 heterocycles. The van der Waals surface area contributed by atoms with Crippen molar-refractivity contribution in [1.82, 2.24) is 0 Å². The minimum Gasteiger partial charge on any atom is -0.393 e. The molecule has 0 amide bonds. The van der Waals surface area contributed by atoms with E-state index in [1.165, 1.54) is 38.5 Å². The SMILES string of the molecule is C[C@H](O)CCCCCCCCOC1CCCCO1. The Balaban J connectivity index is 1.75. The molecule has 0 aliphatic carbocycles. The molecule has 108 valence electrons. The first-order chi connectivity index (χ1) is 8.79. The fourth-order valence-electron chi connectivity index (χ4n) is 2.31. The van der Waals surface area contributed by atoms with Crippen molar-refractivity contribution in [2.75, 3.05) is 13.2 Å². The van der Waals surface area contributed by atoms with Crippen LogP contribution in [0.15, 0.2) is 0 Å². The monoisotopic (exact) mass is 258 g/mol. The predicted molar refractivity (Wildman–Crippen MR) is 73.5 cm³/mol. The van der Waals surface area contributed by atoms with E-state index in [2.05, 4.69) is 0 Å². The van der Waals surface area contributed by atoms with Crippen molar-refractivity contribution in [2.24, 2.45) is 0 Å². The van der Waals surface area contributed by atoms with Gasteiger partial charge in [0, 0.05) is 13.2 Å². The van der Waals surface area contributed by atoms with Crippen LogP contribution in [0, 0.1) is 0 Å². The molecule has 0 saturated carbocycles. The minimum absolute atomic E-state index is 0.0739. The second-order valence-corrected chi connectivity index (χ2v) is 5.43. The largest absolute Gasteiger partial charge is 0.393 e. The molecule has 1 rings (SSSR count). The molecule has 0 radical (unpaired) electrons. The van der Waals surface area contributed by atoms with E-state index in [1.807, 2.05) is 6.92 Å². The van der Waals surface area contributed by atoms with Gasteiger partial charge in [-0.15, -0.1) is 0 Å². The van der Waals surface area contributed by atoms with Crippen LogP contribution in [0.5, 0.6) is 0 Å². The van der Waals surface area contributed by atoms with Crippen molar-refractivity contribution < 1.29 is 14.6 Å². The van der Waals surface area contributed by atoms with E-state index in [-0.39, 0.29) is 12.4 Å². The van der Waals surface area contributed by atoms with E-state index in [1.54, 1.807) is 0 Å². The zero-order valence-electron chi connectivity index (χ0n) is 11.9. The maximum Gasteiger partial charge on any atom is 0.157 e. The molecule has 3 heteroatoms. The highest BCUT2D eigenvalue weighted by atomic mass is 16.7. The third-order valence-corrected chi connectivity index (χ3v) is 3.46. The Morgan fingerprint density at radius 1 is 1.11 bits per heavy atom. The summed E-state index contributed by atoms with van der Waals surface area (Å²) in [5.74, 6) is 0. The summed E-state index contributed by atoms with van der Waals surface area (Å²) >= 11 is 0. The van der Waals surface area contributed by atoms with E-state index in [4.69, 9.17) is 14.6 Å². The van der Waals surface area contributed by atoms with Crippen LogP contribution < -0.4 is 0 Å². The van der Waals surface area contributed by atoms with Crippen LogP contribution in [0.2, 0.25) is 0 Å². The van der Waals surface area contributed by atoms with Gasteiger partial charge in [-0.1, -0.05) is 32.1 Å². The molecule has 1 aliphatic heterocycles. The Kier molecular flexibility index (Phi) is 9.54. The molecule has 1 saturated heterocycles. The van der Waals surface area contributed by atoms with Crippen LogP contribution >= 0.6 is 0 Å². The number of rotatable bonds is 10. The molecule has 2 atom stereocenters. The highest BCUT2D eigenvalue weighted by Gasteiger charge is 2.13. The van der Waals surface area contributed by atoms with Gasteiger partial charge in [-0.05, 0) is 39.0 Å². The summed E-state index contributed by atoms with van der Waals surface area (Å²) in [6, 6.07) is 0. The number of aliphatic hydroxyl groups is 1. The predicted octanol–water partition coefficient (Wildman–Crippen LogP) is 3.64. The van der Waals surface area contributed by atoms with Crippen molar-refractivity contribution in [2.45, 2.75) is 83.5 Å². The lowest BCUT2D eigenvalue weighted by atomic mass is 10.1. The lowest BCUT2D eigenvalue weighted by Gasteiger charge is -2.22. The third-order valence-electron chi connectivity index (χ3n) is 3.46. The fourth-order valence-corrected chi connectivity index (χ4v) is 2.31. The van der Waals surface area contributed by atoms with Crippen LogP contribution in [0.25, 0.3) is 0 Å². The van der Waals surface area contributed by atoms with Crippen LogP contribution in [0.4, 0.5) is 0 Å². The second kappa shape index (κ2) is 10.8. The van der Waals surface area contributed by atoms with Crippen molar-refractivity contribution in [3.63, 3.8) is 0 Å². The number of hydrogen-bond donors (Lipinski definition) is 1. The molecule has 3 nitrogen and oxygen atoms in total. The molecule has 1 N–H and O–H groups in total. The van der Waals surface area contributed by atoms with E-state index >= 15 is 0 Å². The van der Waals surface area contributed by atoms with Gasteiger partial charge in [-0.2, -0.15) is 0 Å². The van der Waals surface area contributed by atoms with Crippen LogP contribution in [-0.4, -0.2) is 30.7 Å². The highest BCUT2D eigenvalue weighted by molar-refractivity contribution is 4.54. The molecule has 1 fully saturated rings. The standard InChI is InChI=1S/C15H30O3/c1-14(16)10-6-4-2-3-5-8-12-17-15-11-7-9-13-18-15/h14-16H,2-13H2,1H3/t14-,15?/m0/s1. The van der Waals surface area contributed by atoms with Crippen molar-refractivity contribution in [3.05, 3.63) is 0 Å².